The summed E-state index contributed by atoms with van der Waals surface area (Å²) in [4.78, 5) is 24.2. The van der Waals surface area contributed by atoms with E-state index in [-0.39, 0.29) is 5.78 Å². The highest BCUT2D eigenvalue weighted by Crippen LogP contribution is 2.28. The van der Waals surface area contributed by atoms with Crippen molar-refractivity contribution >= 4 is 11.8 Å². The standard InChI is InChI=1S/C22H24O4/c1-3-5-6-10-15-25-20-16-18(26-21(23)4-2)13-14-19(20)22(24)17-11-8-7-9-12-17/h4,7-9,11-14,16H,2-3,5-6,10,15H2,1H3. The lowest BCUT2D eigenvalue weighted by molar-refractivity contribution is -0.128. The fourth-order valence-corrected chi connectivity index (χ4v) is 2.49. The lowest BCUT2D eigenvalue weighted by Crippen LogP contribution is -2.08. The number of benzene rings is 2. The van der Waals surface area contributed by atoms with Gasteiger partial charge in [-0.1, -0.05) is 63.1 Å². The Morgan fingerprint density at radius 1 is 1.04 bits per heavy atom. The van der Waals surface area contributed by atoms with Crippen LogP contribution in [0.4, 0.5) is 0 Å². The van der Waals surface area contributed by atoms with Crippen molar-refractivity contribution in [2.75, 3.05) is 6.61 Å². The van der Waals surface area contributed by atoms with Gasteiger partial charge in [0.25, 0.3) is 0 Å². The molecular weight excluding hydrogens is 328 g/mol. The Bertz CT molecular complexity index is 750. The molecule has 0 unspecified atom stereocenters. The zero-order chi connectivity index (χ0) is 18.8. The highest BCUT2D eigenvalue weighted by Gasteiger charge is 2.16. The average molecular weight is 352 g/mol. The zero-order valence-electron chi connectivity index (χ0n) is 15.1. The van der Waals surface area contributed by atoms with Gasteiger partial charge in [-0.05, 0) is 18.6 Å². The molecule has 0 heterocycles. The fourth-order valence-electron chi connectivity index (χ4n) is 2.49. The molecule has 0 aliphatic carbocycles. The number of esters is 1. The first kappa shape index (κ1) is 19.4. The van der Waals surface area contributed by atoms with E-state index in [1.807, 2.05) is 18.2 Å². The lowest BCUT2D eigenvalue weighted by atomic mass is 10.0. The Hall–Kier alpha value is -2.88. The van der Waals surface area contributed by atoms with Crippen LogP contribution in [0.1, 0.15) is 48.5 Å². The Morgan fingerprint density at radius 2 is 1.81 bits per heavy atom. The monoisotopic (exact) mass is 352 g/mol. The van der Waals surface area contributed by atoms with Gasteiger partial charge in [-0.25, -0.2) is 4.79 Å². The minimum absolute atomic E-state index is 0.129. The number of carbonyl (C=O) groups excluding carboxylic acids is 2. The molecule has 0 aliphatic rings. The first-order valence-corrected chi connectivity index (χ1v) is 8.86. The minimum Gasteiger partial charge on any atom is -0.493 e. The van der Waals surface area contributed by atoms with Crippen molar-refractivity contribution in [2.45, 2.75) is 32.6 Å². The predicted molar refractivity (Wildman–Crippen MR) is 102 cm³/mol. The molecular formula is C22H24O4. The number of unbranched alkanes of at least 4 members (excludes halogenated alkanes) is 3. The molecule has 136 valence electrons. The maximum atomic E-state index is 12.8. The highest BCUT2D eigenvalue weighted by atomic mass is 16.5. The van der Waals surface area contributed by atoms with Gasteiger partial charge in [0.05, 0.1) is 12.2 Å². The molecule has 0 radical (unpaired) electrons. The first-order chi connectivity index (χ1) is 12.7. The number of carbonyl (C=O) groups is 2. The normalized spacial score (nSPS) is 10.2. The van der Waals surface area contributed by atoms with Gasteiger partial charge in [-0.15, -0.1) is 0 Å². The SMILES string of the molecule is C=CC(=O)Oc1ccc(C(=O)c2ccccc2)c(OCCCCCC)c1. The third kappa shape index (κ3) is 5.59. The topological polar surface area (TPSA) is 52.6 Å². The van der Waals surface area contributed by atoms with E-state index >= 15 is 0 Å². The molecule has 2 aromatic carbocycles. The van der Waals surface area contributed by atoms with E-state index in [0.717, 1.165) is 31.8 Å². The van der Waals surface area contributed by atoms with Crippen LogP contribution in [-0.2, 0) is 4.79 Å². The molecule has 26 heavy (non-hydrogen) atoms. The van der Waals surface area contributed by atoms with Crippen LogP contribution in [0.2, 0.25) is 0 Å². The van der Waals surface area contributed by atoms with E-state index in [2.05, 4.69) is 13.5 Å². The quantitative estimate of drug-likeness (QED) is 0.199. The smallest absolute Gasteiger partial charge is 0.335 e. The minimum atomic E-state index is -0.555. The van der Waals surface area contributed by atoms with Crippen molar-refractivity contribution in [3.63, 3.8) is 0 Å². The summed E-state index contributed by atoms with van der Waals surface area (Å²) in [5, 5.41) is 0. The molecule has 0 saturated heterocycles. The Morgan fingerprint density at radius 3 is 2.50 bits per heavy atom. The van der Waals surface area contributed by atoms with Gasteiger partial charge in [0, 0.05) is 17.7 Å². The van der Waals surface area contributed by atoms with Crippen LogP contribution in [0.3, 0.4) is 0 Å². The van der Waals surface area contributed by atoms with Crippen molar-refractivity contribution in [2.24, 2.45) is 0 Å². The van der Waals surface area contributed by atoms with E-state index in [0.29, 0.717) is 29.2 Å². The maximum Gasteiger partial charge on any atom is 0.335 e. The van der Waals surface area contributed by atoms with Crippen molar-refractivity contribution in [3.05, 3.63) is 72.3 Å². The Balaban J connectivity index is 2.22. The molecule has 0 spiro atoms. The maximum absolute atomic E-state index is 12.8. The van der Waals surface area contributed by atoms with Crippen molar-refractivity contribution < 1.29 is 19.1 Å². The zero-order valence-corrected chi connectivity index (χ0v) is 15.1. The molecule has 0 saturated carbocycles. The highest BCUT2D eigenvalue weighted by molar-refractivity contribution is 6.10. The largest absolute Gasteiger partial charge is 0.493 e. The van der Waals surface area contributed by atoms with Gasteiger partial charge in [0.1, 0.15) is 11.5 Å². The van der Waals surface area contributed by atoms with Gasteiger partial charge in [0.15, 0.2) is 5.78 Å². The number of hydrogen-bond acceptors (Lipinski definition) is 4. The molecule has 4 nitrogen and oxygen atoms in total. The van der Waals surface area contributed by atoms with Crippen LogP contribution in [0, 0.1) is 0 Å². The number of rotatable bonds is 10. The second-order valence-corrected chi connectivity index (χ2v) is 5.89. The van der Waals surface area contributed by atoms with Gasteiger partial charge >= 0.3 is 5.97 Å². The summed E-state index contributed by atoms with van der Waals surface area (Å²) >= 11 is 0. The molecule has 0 fully saturated rings. The van der Waals surface area contributed by atoms with Gasteiger partial charge in [-0.3, -0.25) is 4.79 Å². The third-order valence-corrected chi connectivity index (χ3v) is 3.87. The van der Waals surface area contributed by atoms with Crippen LogP contribution in [-0.4, -0.2) is 18.4 Å². The predicted octanol–water partition coefficient (Wildman–Crippen LogP) is 4.97. The van der Waals surface area contributed by atoms with Gasteiger partial charge < -0.3 is 9.47 Å². The summed E-state index contributed by atoms with van der Waals surface area (Å²) in [6.07, 6.45) is 5.36. The van der Waals surface area contributed by atoms with E-state index in [9.17, 15) is 9.59 Å². The third-order valence-electron chi connectivity index (χ3n) is 3.87. The molecule has 2 rings (SSSR count). The fraction of sp³-hybridized carbons (Fsp3) is 0.273. The molecule has 0 N–H and O–H groups in total. The van der Waals surface area contributed by atoms with Crippen LogP contribution >= 0.6 is 0 Å². The van der Waals surface area contributed by atoms with Crippen LogP contribution in [0.5, 0.6) is 11.5 Å². The summed E-state index contributed by atoms with van der Waals surface area (Å²) < 4.78 is 11.0. The van der Waals surface area contributed by atoms with Gasteiger partial charge in [0.2, 0.25) is 0 Å². The number of ether oxygens (including phenoxy) is 2. The summed E-state index contributed by atoms with van der Waals surface area (Å²) in [5.41, 5.74) is 1.03. The van der Waals surface area contributed by atoms with Crippen molar-refractivity contribution in [1.29, 1.82) is 0 Å². The molecule has 0 aliphatic heterocycles. The lowest BCUT2D eigenvalue weighted by Gasteiger charge is -2.13. The number of hydrogen-bond donors (Lipinski definition) is 0. The molecule has 0 atom stereocenters. The van der Waals surface area contributed by atoms with E-state index < -0.39 is 5.97 Å². The average Bonchev–Trinajstić information content (AvgIpc) is 2.68. The van der Waals surface area contributed by atoms with Crippen molar-refractivity contribution in [1.82, 2.24) is 0 Å². The molecule has 0 aromatic heterocycles. The van der Waals surface area contributed by atoms with Crippen molar-refractivity contribution in [3.8, 4) is 11.5 Å². The summed E-state index contributed by atoms with van der Waals surface area (Å²) in [5.74, 6) is 0.0598. The number of ketones is 1. The molecule has 0 amide bonds. The van der Waals surface area contributed by atoms with Crippen LogP contribution in [0.25, 0.3) is 0 Å². The van der Waals surface area contributed by atoms with E-state index in [4.69, 9.17) is 9.47 Å². The first-order valence-electron chi connectivity index (χ1n) is 8.86. The molecule has 4 heteroatoms. The molecule has 0 bridgehead atoms. The second-order valence-electron chi connectivity index (χ2n) is 5.89. The second kappa shape index (κ2) is 10.2. The summed E-state index contributed by atoms with van der Waals surface area (Å²) in [6, 6.07) is 13.8. The Kier molecular flexibility index (Phi) is 7.62. The van der Waals surface area contributed by atoms with Gasteiger partial charge in [-0.2, -0.15) is 0 Å². The summed E-state index contributed by atoms with van der Waals surface area (Å²) in [6.45, 7) is 6.04. The molecule has 2 aromatic rings. The van der Waals surface area contributed by atoms with E-state index in [1.54, 1.807) is 30.3 Å². The Labute approximate surface area is 154 Å². The van der Waals surface area contributed by atoms with E-state index in [1.165, 1.54) is 0 Å². The summed E-state index contributed by atoms with van der Waals surface area (Å²) in [7, 11) is 0. The van der Waals surface area contributed by atoms with Crippen LogP contribution in [0.15, 0.2) is 61.2 Å². The van der Waals surface area contributed by atoms with Crippen LogP contribution < -0.4 is 9.47 Å².